The Morgan fingerprint density at radius 3 is 2.32 bits per heavy atom. The number of carbonyl (C=O) groups excluding carboxylic acids is 1. The first-order chi connectivity index (χ1) is 13.4. The molecule has 152 valence electrons. The molecular weight excluding hydrogens is 382 g/mol. The summed E-state index contributed by atoms with van der Waals surface area (Å²) in [5, 5.41) is 0. The molecule has 0 spiro atoms. The van der Waals surface area contributed by atoms with Crippen LogP contribution < -0.4 is 9.64 Å². The largest absolute Gasteiger partial charge is 0.497 e. The fraction of sp³-hybridized carbons (Fsp3) is 0.421. The Labute approximate surface area is 165 Å². The Morgan fingerprint density at radius 2 is 1.75 bits per heavy atom. The van der Waals surface area contributed by atoms with E-state index in [0.29, 0.717) is 26.2 Å². The van der Waals surface area contributed by atoms with Gasteiger partial charge in [0.05, 0.1) is 13.7 Å². The lowest BCUT2D eigenvalue weighted by molar-refractivity contribution is 0.0515. The number of benzene rings is 1. The van der Waals surface area contributed by atoms with Crippen molar-refractivity contribution in [1.82, 2.24) is 8.87 Å². The summed E-state index contributed by atoms with van der Waals surface area (Å²) in [6.45, 7) is 3.86. The molecule has 1 saturated heterocycles. The molecule has 3 rings (SSSR count). The molecule has 1 fully saturated rings. The lowest BCUT2D eigenvalue weighted by Crippen LogP contribution is -2.48. The minimum atomic E-state index is -3.67. The number of methoxy groups -OCH3 is 1. The Balaban J connectivity index is 1.70. The molecule has 28 heavy (non-hydrogen) atoms. The highest BCUT2D eigenvalue weighted by atomic mass is 32.2. The second-order valence-electron chi connectivity index (χ2n) is 6.48. The van der Waals surface area contributed by atoms with Gasteiger partial charge in [-0.1, -0.05) is 0 Å². The van der Waals surface area contributed by atoms with Crippen LogP contribution in [0.3, 0.4) is 0 Å². The minimum Gasteiger partial charge on any atom is -0.497 e. The predicted molar refractivity (Wildman–Crippen MR) is 105 cm³/mol. The molecule has 1 aliphatic rings. The van der Waals surface area contributed by atoms with Gasteiger partial charge in [-0.25, -0.2) is 13.2 Å². The Bertz CT molecular complexity index is 929. The average Bonchev–Trinajstić information content (AvgIpc) is 3.11. The number of anilines is 1. The number of hydrogen-bond donors (Lipinski definition) is 0. The average molecular weight is 407 g/mol. The van der Waals surface area contributed by atoms with Crippen molar-refractivity contribution >= 4 is 21.7 Å². The van der Waals surface area contributed by atoms with E-state index in [1.54, 1.807) is 21.1 Å². The fourth-order valence-corrected chi connectivity index (χ4v) is 4.71. The topological polar surface area (TPSA) is 81.1 Å². The molecule has 2 heterocycles. The molecule has 2 aromatic rings. The normalized spacial score (nSPS) is 15.5. The highest BCUT2D eigenvalue weighted by molar-refractivity contribution is 7.89. The third-order valence-electron chi connectivity index (χ3n) is 4.78. The van der Waals surface area contributed by atoms with Gasteiger partial charge in [-0.05, 0) is 37.3 Å². The van der Waals surface area contributed by atoms with E-state index >= 15 is 0 Å². The molecule has 0 N–H and O–H groups in total. The lowest BCUT2D eigenvalue weighted by atomic mass is 10.2. The van der Waals surface area contributed by atoms with Crippen LogP contribution >= 0.6 is 0 Å². The predicted octanol–water partition coefficient (Wildman–Crippen LogP) is 1.72. The lowest BCUT2D eigenvalue weighted by Gasteiger charge is -2.35. The second-order valence-corrected chi connectivity index (χ2v) is 8.42. The summed E-state index contributed by atoms with van der Waals surface area (Å²) in [6.07, 6.45) is 1.46. The van der Waals surface area contributed by atoms with E-state index in [1.807, 2.05) is 24.3 Å². The van der Waals surface area contributed by atoms with E-state index < -0.39 is 16.0 Å². The van der Waals surface area contributed by atoms with Gasteiger partial charge >= 0.3 is 5.97 Å². The number of nitrogens with zero attached hydrogens (tertiary/aromatic N) is 3. The van der Waals surface area contributed by atoms with Crippen molar-refractivity contribution in [3.8, 4) is 5.75 Å². The van der Waals surface area contributed by atoms with E-state index in [2.05, 4.69) is 4.90 Å². The summed E-state index contributed by atoms with van der Waals surface area (Å²) in [5.41, 5.74) is 1.25. The molecule has 0 saturated carbocycles. The van der Waals surface area contributed by atoms with Crippen molar-refractivity contribution in [2.45, 2.75) is 11.8 Å². The van der Waals surface area contributed by atoms with Crippen LogP contribution in [-0.4, -0.2) is 63.2 Å². The van der Waals surface area contributed by atoms with Crippen molar-refractivity contribution in [3.63, 3.8) is 0 Å². The summed E-state index contributed by atoms with van der Waals surface area (Å²) >= 11 is 0. The smallest absolute Gasteiger partial charge is 0.354 e. The van der Waals surface area contributed by atoms with Gasteiger partial charge in [0, 0.05) is 45.1 Å². The number of hydrogen-bond acceptors (Lipinski definition) is 6. The quantitative estimate of drug-likeness (QED) is 0.679. The molecule has 1 aromatic carbocycles. The van der Waals surface area contributed by atoms with Crippen molar-refractivity contribution in [1.29, 1.82) is 0 Å². The van der Waals surface area contributed by atoms with E-state index in [1.165, 1.54) is 21.1 Å². The molecule has 8 nitrogen and oxygen atoms in total. The number of piperazine rings is 1. The van der Waals surface area contributed by atoms with Crippen LogP contribution in [0.2, 0.25) is 0 Å². The Morgan fingerprint density at radius 1 is 1.11 bits per heavy atom. The van der Waals surface area contributed by atoms with Crippen LogP contribution in [-0.2, 0) is 21.8 Å². The van der Waals surface area contributed by atoms with Gasteiger partial charge in [0.25, 0.3) is 0 Å². The van der Waals surface area contributed by atoms with Gasteiger partial charge in [-0.15, -0.1) is 0 Å². The van der Waals surface area contributed by atoms with E-state index in [0.717, 1.165) is 11.4 Å². The first kappa shape index (κ1) is 20.2. The molecular formula is C19H25N3O5S. The molecule has 0 aliphatic carbocycles. The van der Waals surface area contributed by atoms with Crippen LogP contribution in [0.4, 0.5) is 5.69 Å². The van der Waals surface area contributed by atoms with Gasteiger partial charge in [0.2, 0.25) is 10.0 Å². The van der Waals surface area contributed by atoms with E-state index in [-0.39, 0.29) is 17.2 Å². The molecule has 0 unspecified atom stereocenters. The SMILES string of the molecule is CCOC(=O)c1cc(S(=O)(=O)N2CCN(c3ccc(OC)cc3)CC2)cn1C. The van der Waals surface area contributed by atoms with Crippen molar-refractivity contribution in [2.24, 2.45) is 7.05 Å². The van der Waals surface area contributed by atoms with Gasteiger partial charge in [-0.3, -0.25) is 0 Å². The zero-order valence-corrected chi connectivity index (χ0v) is 17.1. The minimum absolute atomic E-state index is 0.107. The molecule has 0 amide bonds. The standard InChI is InChI=1S/C19H25N3O5S/c1-4-27-19(23)18-13-17(14-20(18)2)28(24,25)22-11-9-21(10-12-22)15-5-7-16(26-3)8-6-15/h5-8,13-14H,4,9-12H2,1-3H3. The summed E-state index contributed by atoms with van der Waals surface area (Å²) in [4.78, 5) is 14.2. The monoisotopic (exact) mass is 407 g/mol. The van der Waals surface area contributed by atoms with Gasteiger partial charge in [-0.2, -0.15) is 4.31 Å². The molecule has 1 aliphatic heterocycles. The Kier molecular flexibility index (Phi) is 5.95. The van der Waals surface area contributed by atoms with Crippen molar-refractivity contribution in [2.75, 3.05) is 44.8 Å². The summed E-state index contributed by atoms with van der Waals surface area (Å²) < 4.78 is 39.1. The highest BCUT2D eigenvalue weighted by Crippen LogP contribution is 2.24. The molecule has 0 radical (unpaired) electrons. The third kappa shape index (κ3) is 4.00. The van der Waals surface area contributed by atoms with Crippen LogP contribution in [0, 0.1) is 0 Å². The number of sulfonamides is 1. The van der Waals surface area contributed by atoms with Crippen molar-refractivity contribution in [3.05, 3.63) is 42.2 Å². The Hall–Kier alpha value is -2.52. The number of carbonyl (C=O) groups is 1. The summed E-state index contributed by atoms with van der Waals surface area (Å²) in [5.74, 6) is 0.252. The number of ether oxygens (including phenoxy) is 2. The van der Waals surface area contributed by atoms with Crippen LogP contribution in [0.1, 0.15) is 17.4 Å². The molecule has 0 atom stereocenters. The fourth-order valence-electron chi connectivity index (χ4n) is 3.21. The molecule has 1 aromatic heterocycles. The van der Waals surface area contributed by atoms with Gasteiger partial charge < -0.3 is 18.9 Å². The van der Waals surface area contributed by atoms with Gasteiger partial charge in [0.15, 0.2) is 0 Å². The highest BCUT2D eigenvalue weighted by Gasteiger charge is 2.30. The third-order valence-corrected chi connectivity index (χ3v) is 6.64. The second kappa shape index (κ2) is 8.24. The number of esters is 1. The molecule has 9 heteroatoms. The van der Waals surface area contributed by atoms with E-state index in [9.17, 15) is 13.2 Å². The number of rotatable bonds is 6. The number of aryl methyl sites for hydroxylation is 1. The first-order valence-electron chi connectivity index (χ1n) is 9.09. The maximum atomic E-state index is 13.0. The zero-order valence-electron chi connectivity index (χ0n) is 16.3. The summed E-state index contributed by atoms with van der Waals surface area (Å²) in [6, 6.07) is 9.08. The zero-order chi connectivity index (χ0) is 20.3. The number of aromatic nitrogens is 1. The van der Waals surface area contributed by atoms with Gasteiger partial charge in [0.1, 0.15) is 16.3 Å². The van der Waals surface area contributed by atoms with E-state index in [4.69, 9.17) is 9.47 Å². The van der Waals surface area contributed by atoms with Crippen molar-refractivity contribution < 1.29 is 22.7 Å². The van der Waals surface area contributed by atoms with Crippen LogP contribution in [0.5, 0.6) is 5.75 Å². The van der Waals surface area contributed by atoms with Crippen LogP contribution in [0.25, 0.3) is 0 Å². The maximum Gasteiger partial charge on any atom is 0.354 e. The first-order valence-corrected chi connectivity index (χ1v) is 10.5. The maximum absolute atomic E-state index is 13.0. The molecule has 0 bridgehead atoms. The summed E-state index contributed by atoms with van der Waals surface area (Å²) in [7, 11) is -0.418. The van der Waals surface area contributed by atoms with Crippen LogP contribution in [0.15, 0.2) is 41.4 Å².